The lowest BCUT2D eigenvalue weighted by molar-refractivity contribution is -0.00792. The average molecular weight is 625 g/mol. The summed E-state index contributed by atoms with van der Waals surface area (Å²) in [5, 5.41) is 2.56. The summed E-state index contributed by atoms with van der Waals surface area (Å²) < 4.78 is 35.2. The third-order valence-electron chi connectivity index (χ3n) is 13.3. The van der Waals surface area contributed by atoms with Crippen molar-refractivity contribution in [3.05, 3.63) is 59.4 Å². The Hall–Kier alpha value is -2.70. The zero-order chi connectivity index (χ0) is 30.3. The van der Waals surface area contributed by atoms with E-state index in [2.05, 4.69) is 24.3 Å². The summed E-state index contributed by atoms with van der Waals surface area (Å²) >= 11 is 0. The van der Waals surface area contributed by atoms with Crippen molar-refractivity contribution < 1.29 is 28.4 Å². The summed E-state index contributed by atoms with van der Waals surface area (Å²) in [4.78, 5) is 0. The van der Waals surface area contributed by atoms with Crippen molar-refractivity contribution in [2.24, 2.45) is 35.5 Å². The van der Waals surface area contributed by atoms with Gasteiger partial charge in [0.1, 0.15) is 50.5 Å². The van der Waals surface area contributed by atoms with Crippen molar-refractivity contribution in [1.29, 1.82) is 0 Å². The fraction of sp³-hybridized carbons (Fsp3) is 0.650. The third kappa shape index (κ3) is 5.13. The second kappa shape index (κ2) is 10.9. The summed E-state index contributed by atoms with van der Waals surface area (Å²) in [5.74, 6) is 9.16. The molecule has 0 amide bonds. The minimum atomic E-state index is 0.245. The van der Waals surface area contributed by atoms with Crippen molar-refractivity contribution in [3.8, 4) is 11.5 Å². The number of hydrogen-bond donors (Lipinski definition) is 0. The van der Waals surface area contributed by atoms with Crippen LogP contribution in [0.4, 0.5) is 0 Å². The van der Waals surface area contributed by atoms with Gasteiger partial charge in [-0.1, -0.05) is 6.07 Å². The van der Waals surface area contributed by atoms with Crippen LogP contribution in [0, 0.1) is 35.5 Å². The molecule has 6 nitrogen and oxygen atoms in total. The van der Waals surface area contributed by atoms with E-state index in [9.17, 15) is 0 Å². The van der Waals surface area contributed by atoms with Crippen molar-refractivity contribution in [3.63, 3.8) is 0 Å². The Balaban J connectivity index is 1.06. The van der Waals surface area contributed by atoms with Crippen LogP contribution in [0.5, 0.6) is 11.5 Å². The van der Waals surface area contributed by atoms with E-state index in [-0.39, 0.29) is 5.41 Å². The number of hydrogen-bond acceptors (Lipinski definition) is 6. The van der Waals surface area contributed by atoms with Crippen molar-refractivity contribution in [2.75, 3.05) is 39.6 Å². The second-order valence-electron chi connectivity index (χ2n) is 16.6. The van der Waals surface area contributed by atoms with Gasteiger partial charge in [-0.3, -0.25) is 0 Å². The zero-order valence-electron chi connectivity index (χ0n) is 27.1. The third-order valence-corrected chi connectivity index (χ3v) is 13.3. The number of benzene rings is 2. The summed E-state index contributed by atoms with van der Waals surface area (Å²) in [7, 11) is 0. The Labute approximate surface area is 272 Å². The van der Waals surface area contributed by atoms with Crippen molar-refractivity contribution in [2.45, 2.75) is 87.9 Å². The molecule has 2 aromatic rings. The molecule has 0 N–H and O–H groups in total. The predicted octanol–water partition coefficient (Wildman–Crippen LogP) is 8.31. The molecule has 8 fully saturated rings. The molecule has 0 spiro atoms. The molecule has 6 heteroatoms. The van der Waals surface area contributed by atoms with E-state index in [1.165, 1.54) is 87.8 Å². The molecule has 2 aliphatic heterocycles. The van der Waals surface area contributed by atoms with Gasteiger partial charge in [0.25, 0.3) is 0 Å². The first-order valence-corrected chi connectivity index (χ1v) is 18.3. The molecule has 244 valence electrons. The first-order chi connectivity index (χ1) is 22.6. The van der Waals surface area contributed by atoms with Gasteiger partial charge in [0.15, 0.2) is 11.5 Å². The van der Waals surface area contributed by atoms with Gasteiger partial charge in [-0.25, -0.2) is 0 Å². The Morgan fingerprint density at radius 3 is 1.52 bits per heavy atom. The molecule has 8 bridgehead atoms. The van der Waals surface area contributed by atoms with Crippen LogP contribution in [-0.4, -0.2) is 39.6 Å². The maximum atomic E-state index is 6.66. The SMILES string of the molecule is C1=C(COCCOc2ccc(OCCOCC3=CO3)c3c(C45CC6CC(CC(C6)C4)C5)cc(C45CC6CC(CC(C6)C4)C5)cc23)O1. The van der Waals surface area contributed by atoms with Crippen LogP contribution in [0.2, 0.25) is 0 Å². The highest BCUT2D eigenvalue weighted by Gasteiger charge is 2.55. The molecular formula is C40H48O6. The lowest BCUT2D eigenvalue weighted by atomic mass is 9.46. The lowest BCUT2D eigenvalue weighted by Crippen LogP contribution is -2.50. The van der Waals surface area contributed by atoms with Gasteiger partial charge >= 0.3 is 0 Å². The van der Waals surface area contributed by atoms with E-state index in [0.29, 0.717) is 45.1 Å². The van der Waals surface area contributed by atoms with E-state index in [1.54, 1.807) is 23.7 Å². The summed E-state index contributed by atoms with van der Waals surface area (Å²) in [6.07, 6.45) is 20.4. The quantitative estimate of drug-likeness (QED) is 0.197. The lowest BCUT2D eigenvalue weighted by Gasteiger charge is -2.59. The van der Waals surface area contributed by atoms with E-state index < -0.39 is 0 Å². The molecule has 0 saturated heterocycles. The molecule has 2 heterocycles. The Bertz CT molecular complexity index is 1520. The number of rotatable bonds is 14. The van der Waals surface area contributed by atoms with Crippen LogP contribution in [0.25, 0.3) is 10.8 Å². The van der Waals surface area contributed by atoms with E-state index in [0.717, 1.165) is 58.5 Å². The minimum Gasteiger partial charge on any atom is -0.491 e. The van der Waals surface area contributed by atoms with Crippen LogP contribution in [0.15, 0.2) is 48.3 Å². The van der Waals surface area contributed by atoms with Crippen LogP contribution >= 0.6 is 0 Å². The maximum absolute atomic E-state index is 6.66. The predicted molar refractivity (Wildman–Crippen MR) is 175 cm³/mol. The van der Waals surface area contributed by atoms with Crippen molar-refractivity contribution >= 4 is 10.8 Å². The highest BCUT2D eigenvalue weighted by Crippen LogP contribution is 2.65. The molecule has 12 rings (SSSR count). The highest BCUT2D eigenvalue weighted by molar-refractivity contribution is 5.97. The summed E-state index contributed by atoms with van der Waals surface area (Å²) in [6, 6.07) is 9.63. The average Bonchev–Trinajstić information content (AvgIpc) is 3.96. The van der Waals surface area contributed by atoms with Crippen LogP contribution in [0.3, 0.4) is 0 Å². The molecular weight excluding hydrogens is 576 g/mol. The van der Waals surface area contributed by atoms with Crippen LogP contribution < -0.4 is 9.47 Å². The normalized spacial score (nSPS) is 37.1. The van der Waals surface area contributed by atoms with Gasteiger partial charge < -0.3 is 28.4 Å². The largest absolute Gasteiger partial charge is 0.491 e. The number of fused-ring (bicyclic) bond motifs is 1. The smallest absolute Gasteiger partial charge is 0.164 e. The molecule has 0 aromatic heterocycles. The molecule has 46 heavy (non-hydrogen) atoms. The first-order valence-electron chi connectivity index (χ1n) is 18.3. The van der Waals surface area contributed by atoms with Gasteiger partial charge in [-0.2, -0.15) is 0 Å². The molecule has 8 saturated carbocycles. The summed E-state index contributed by atoms with van der Waals surface area (Å²) in [5.41, 5.74) is 3.77. The molecule has 8 aliphatic carbocycles. The standard InChI is InChI=1S/C40H48O6/c1-2-37(44-6-4-42-22-33-24-46-33)38-34(36(1)43-5-3-41-21-32-23-45-32)13-31(39-15-25-7-26(16-39)9-27(8-25)17-39)14-35(38)40-18-28-10-29(19-40)12-30(11-28)20-40/h1-2,13-14,23-30H,3-12,15-22H2. The number of ether oxygens (including phenoxy) is 6. The topological polar surface area (TPSA) is 62.0 Å². The van der Waals surface area contributed by atoms with E-state index in [4.69, 9.17) is 28.4 Å². The van der Waals surface area contributed by atoms with Gasteiger partial charge in [0.05, 0.1) is 13.2 Å². The zero-order valence-corrected chi connectivity index (χ0v) is 27.1. The van der Waals surface area contributed by atoms with Gasteiger partial charge in [0.2, 0.25) is 0 Å². The highest BCUT2D eigenvalue weighted by atomic mass is 16.6. The van der Waals surface area contributed by atoms with Gasteiger partial charge in [0, 0.05) is 10.8 Å². The fourth-order valence-corrected chi connectivity index (χ4v) is 12.3. The molecule has 0 atom stereocenters. The maximum Gasteiger partial charge on any atom is 0.164 e. The molecule has 2 aromatic carbocycles. The molecule has 0 unspecified atom stereocenters. The second-order valence-corrected chi connectivity index (χ2v) is 16.6. The first kappa shape index (κ1) is 28.3. The Morgan fingerprint density at radius 2 is 1.02 bits per heavy atom. The summed E-state index contributed by atoms with van der Waals surface area (Å²) in [6.45, 7) is 3.16. The Morgan fingerprint density at radius 1 is 0.565 bits per heavy atom. The van der Waals surface area contributed by atoms with Crippen LogP contribution in [-0.2, 0) is 29.8 Å². The monoisotopic (exact) mass is 624 g/mol. The Kier molecular flexibility index (Phi) is 6.72. The van der Waals surface area contributed by atoms with E-state index in [1.807, 2.05) is 0 Å². The molecule has 10 aliphatic rings. The van der Waals surface area contributed by atoms with Crippen LogP contribution in [0.1, 0.15) is 88.2 Å². The minimum absolute atomic E-state index is 0.245. The van der Waals surface area contributed by atoms with E-state index >= 15 is 0 Å². The fourth-order valence-electron chi connectivity index (χ4n) is 12.3. The van der Waals surface area contributed by atoms with Crippen molar-refractivity contribution in [1.82, 2.24) is 0 Å². The van der Waals surface area contributed by atoms with Gasteiger partial charge in [-0.05, 0) is 153 Å². The van der Waals surface area contributed by atoms with Gasteiger partial charge in [-0.15, -0.1) is 0 Å². The molecule has 0 radical (unpaired) electrons.